The van der Waals surface area contributed by atoms with E-state index < -0.39 is 15.6 Å². The van der Waals surface area contributed by atoms with Crippen LogP contribution in [0.1, 0.15) is 18.9 Å². The monoisotopic (exact) mass is 328 g/mol. The van der Waals surface area contributed by atoms with E-state index in [0.717, 1.165) is 0 Å². The molecule has 1 saturated heterocycles. The Hall–Kier alpha value is -1.10. The molecule has 1 heterocycles. The molecule has 0 bridgehead atoms. The van der Waals surface area contributed by atoms with E-state index in [1.54, 1.807) is 13.0 Å². The van der Waals surface area contributed by atoms with E-state index in [9.17, 15) is 13.5 Å². The molecule has 1 aromatic rings. The molecule has 0 spiro atoms. The highest BCUT2D eigenvalue weighted by molar-refractivity contribution is 7.89. The summed E-state index contributed by atoms with van der Waals surface area (Å²) < 4.78 is 26.3. The maximum Gasteiger partial charge on any atom is 0.244 e. The van der Waals surface area contributed by atoms with E-state index in [1.165, 1.54) is 16.4 Å². The first kappa shape index (κ1) is 16.3. The van der Waals surface area contributed by atoms with Gasteiger partial charge in [-0.15, -0.1) is 0 Å². The third-order valence-electron chi connectivity index (χ3n) is 3.30. The molecule has 0 aliphatic carbocycles. The minimum Gasteiger partial charge on any atom is -0.389 e. The fraction of sp³-hybridized carbons (Fsp3) is 0.429. The highest BCUT2D eigenvalue weighted by atomic mass is 35.5. The van der Waals surface area contributed by atoms with E-state index in [0.29, 0.717) is 12.0 Å². The van der Waals surface area contributed by atoms with Crippen LogP contribution in [0.4, 0.5) is 0 Å². The van der Waals surface area contributed by atoms with Gasteiger partial charge >= 0.3 is 0 Å². The molecule has 114 valence electrons. The van der Waals surface area contributed by atoms with Crippen molar-refractivity contribution in [3.63, 3.8) is 0 Å². The second-order valence-corrected chi connectivity index (χ2v) is 7.55. The summed E-state index contributed by atoms with van der Waals surface area (Å²) in [4.78, 5) is 0.0279. The third-order valence-corrected chi connectivity index (χ3v) is 5.63. The zero-order chi connectivity index (χ0) is 15.7. The summed E-state index contributed by atoms with van der Waals surface area (Å²) in [6.07, 6.45) is 0.407. The van der Waals surface area contributed by atoms with Crippen molar-refractivity contribution in [3.05, 3.63) is 28.8 Å². The Morgan fingerprint density at radius 3 is 2.76 bits per heavy atom. The molecule has 21 heavy (non-hydrogen) atoms. The number of β-amino-alcohol motifs (C(OH)–C–C–N with tert-alkyl or cyclic N) is 1. The van der Waals surface area contributed by atoms with Crippen molar-refractivity contribution in [3.8, 4) is 11.8 Å². The van der Waals surface area contributed by atoms with E-state index in [-0.39, 0.29) is 29.6 Å². The lowest BCUT2D eigenvalue weighted by Gasteiger charge is -2.19. The molecule has 5 nitrogen and oxygen atoms in total. The van der Waals surface area contributed by atoms with E-state index in [4.69, 9.17) is 17.3 Å². The molecule has 7 heteroatoms. The van der Waals surface area contributed by atoms with Gasteiger partial charge in [0.25, 0.3) is 0 Å². The van der Waals surface area contributed by atoms with E-state index >= 15 is 0 Å². The molecular formula is C14H17ClN2O3S. The van der Waals surface area contributed by atoms with Gasteiger partial charge in [-0.1, -0.05) is 23.4 Å². The van der Waals surface area contributed by atoms with Crippen LogP contribution in [-0.2, 0) is 10.0 Å². The fourth-order valence-corrected chi connectivity index (χ4v) is 4.27. The second-order valence-electron chi connectivity index (χ2n) is 5.24. The quantitative estimate of drug-likeness (QED) is 0.786. The zero-order valence-electron chi connectivity index (χ0n) is 11.6. The van der Waals surface area contributed by atoms with Gasteiger partial charge in [-0.25, -0.2) is 8.42 Å². The van der Waals surface area contributed by atoms with Gasteiger partial charge in [0.2, 0.25) is 10.0 Å². The minimum absolute atomic E-state index is 0.0279. The van der Waals surface area contributed by atoms with Crippen molar-refractivity contribution in [1.29, 1.82) is 0 Å². The molecule has 0 radical (unpaired) electrons. The fourth-order valence-electron chi connectivity index (χ4n) is 2.19. The maximum absolute atomic E-state index is 12.5. The van der Waals surface area contributed by atoms with Crippen LogP contribution in [-0.4, -0.2) is 43.1 Å². The van der Waals surface area contributed by atoms with Crippen LogP contribution in [0.5, 0.6) is 0 Å². The van der Waals surface area contributed by atoms with E-state index in [1.807, 2.05) is 0 Å². The van der Waals surface area contributed by atoms with Gasteiger partial charge in [0.15, 0.2) is 0 Å². The number of nitrogens with two attached hydrogens (primary N) is 1. The molecule has 0 aromatic heterocycles. The summed E-state index contributed by atoms with van der Waals surface area (Å²) in [6, 6.07) is 4.53. The Labute approximate surface area is 129 Å². The molecule has 3 N–H and O–H groups in total. The SMILES string of the molecule is CC1(O)CCN(S(=O)(=O)c2ccc(C#CCN)cc2Cl)C1. The molecule has 0 amide bonds. The average molecular weight is 329 g/mol. The van der Waals surface area contributed by atoms with Crippen LogP contribution >= 0.6 is 11.6 Å². The Morgan fingerprint density at radius 2 is 2.24 bits per heavy atom. The molecule has 2 rings (SSSR count). The first-order valence-electron chi connectivity index (χ1n) is 6.47. The molecule has 1 aliphatic heterocycles. The summed E-state index contributed by atoms with van der Waals surface area (Å²) in [5, 5.41) is 10.0. The normalized spacial score (nSPS) is 22.9. The zero-order valence-corrected chi connectivity index (χ0v) is 13.2. The highest BCUT2D eigenvalue weighted by Gasteiger charge is 2.39. The lowest BCUT2D eigenvalue weighted by Crippen LogP contribution is -2.34. The number of hydrogen-bond donors (Lipinski definition) is 2. The van der Waals surface area contributed by atoms with Crippen molar-refractivity contribution in [1.82, 2.24) is 4.31 Å². The number of benzene rings is 1. The smallest absolute Gasteiger partial charge is 0.244 e. The topological polar surface area (TPSA) is 83.6 Å². The highest BCUT2D eigenvalue weighted by Crippen LogP contribution is 2.30. The summed E-state index contributed by atoms with van der Waals surface area (Å²) >= 11 is 6.07. The molecule has 1 fully saturated rings. The summed E-state index contributed by atoms with van der Waals surface area (Å²) in [5.74, 6) is 5.48. The Balaban J connectivity index is 2.33. The summed E-state index contributed by atoms with van der Waals surface area (Å²) in [6.45, 7) is 2.19. The maximum atomic E-state index is 12.5. The summed E-state index contributed by atoms with van der Waals surface area (Å²) in [5.41, 5.74) is 4.90. The molecule has 1 aliphatic rings. The second kappa shape index (κ2) is 5.95. The van der Waals surface area contributed by atoms with Crippen LogP contribution in [0.25, 0.3) is 0 Å². The van der Waals surface area contributed by atoms with Gasteiger partial charge in [-0.3, -0.25) is 0 Å². The van der Waals surface area contributed by atoms with Crippen molar-refractivity contribution in [2.75, 3.05) is 19.6 Å². The van der Waals surface area contributed by atoms with Gasteiger partial charge in [-0.05, 0) is 31.5 Å². The van der Waals surface area contributed by atoms with Crippen LogP contribution < -0.4 is 5.73 Å². The van der Waals surface area contributed by atoms with Gasteiger partial charge in [-0.2, -0.15) is 4.31 Å². The molecule has 1 aromatic carbocycles. The molecule has 1 atom stereocenters. The van der Waals surface area contributed by atoms with Gasteiger partial charge < -0.3 is 10.8 Å². The van der Waals surface area contributed by atoms with Gasteiger partial charge in [0.05, 0.1) is 17.2 Å². The molecule has 0 saturated carbocycles. The van der Waals surface area contributed by atoms with Crippen LogP contribution in [0, 0.1) is 11.8 Å². The predicted molar refractivity (Wildman–Crippen MR) is 81.4 cm³/mol. The van der Waals surface area contributed by atoms with Crippen molar-refractivity contribution in [2.24, 2.45) is 5.73 Å². The lowest BCUT2D eigenvalue weighted by atomic mass is 10.1. The summed E-state index contributed by atoms with van der Waals surface area (Å²) in [7, 11) is -3.71. The number of nitrogens with zero attached hydrogens (tertiary/aromatic N) is 1. The standard InChI is InChI=1S/C14H17ClN2O3S/c1-14(18)6-8-17(10-14)21(19,20)13-5-4-11(3-2-7-16)9-12(13)15/h4-5,9,18H,6-8,10,16H2,1H3. The number of hydrogen-bond acceptors (Lipinski definition) is 4. The number of rotatable bonds is 2. The molecular weight excluding hydrogens is 312 g/mol. The minimum atomic E-state index is -3.71. The van der Waals surface area contributed by atoms with Crippen molar-refractivity contribution in [2.45, 2.75) is 23.8 Å². The number of halogens is 1. The van der Waals surface area contributed by atoms with Gasteiger partial charge in [0, 0.05) is 18.7 Å². The Kier molecular flexibility index (Phi) is 4.61. The Morgan fingerprint density at radius 1 is 1.52 bits per heavy atom. The average Bonchev–Trinajstić information content (AvgIpc) is 2.77. The number of sulfonamides is 1. The first-order chi connectivity index (χ1) is 9.76. The van der Waals surface area contributed by atoms with Crippen LogP contribution in [0.3, 0.4) is 0 Å². The van der Waals surface area contributed by atoms with Crippen LogP contribution in [0.15, 0.2) is 23.1 Å². The van der Waals surface area contributed by atoms with Crippen molar-refractivity contribution >= 4 is 21.6 Å². The predicted octanol–water partition coefficient (Wildman–Crippen LogP) is 0.796. The lowest BCUT2D eigenvalue weighted by molar-refractivity contribution is 0.0762. The van der Waals surface area contributed by atoms with E-state index in [2.05, 4.69) is 11.8 Å². The largest absolute Gasteiger partial charge is 0.389 e. The first-order valence-corrected chi connectivity index (χ1v) is 8.29. The molecule has 1 unspecified atom stereocenters. The van der Waals surface area contributed by atoms with Crippen LogP contribution in [0.2, 0.25) is 5.02 Å². The Bertz CT molecular complexity index is 705. The van der Waals surface area contributed by atoms with Gasteiger partial charge in [0.1, 0.15) is 4.90 Å². The number of aliphatic hydroxyl groups is 1. The third kappa shape index (κ3) is 3.57. The van der Waals surface area contributed by atoms with Crippen molar-refractivity contribution < 1.29 is 13.5 Å².